The van der Waals surface area contributed by atoms with Crippen molar-refractivity contribution < 1.29 is 9.84 Å². The number of methoxy groups -OCH3 is 1. The molecule has 1 aromatic rings. The molecule has 0 aliphatic rings. The summed E-state index contributed by atoms with van der Waals surface area (Å²) in [5.41, 5.74) is 1.26. The van der Waals surface area contributed by atoms with Crippen molar-refractivity contribution in [2.75, 3.05) is 20.2 Å². The molecule has 0 aliphatic heterocycles. The van der Waals surface area contributed by atoms with Crippen LogP contribution in [-0.2, 0) is 6.54 Å². The second kappa shape index (κ2) is 8.11. The third-order valence-electron chi connectivity index (χ3n) is 3.05. The topological polar surface area (TPSA) is 32.7 Å². The summed E-state index contributed by atoms with van der Waals surface area (Å²) in [6, 6.07) is 8.13. The van der Waals surface area contributed by atoms with Gasteiger partial charge in [-0.3, -0.25) is 4.90 Å². The molecule has 0 radical (unpaired) electrons. The van der Waals surface area contributed by atoms with Crippen LogP contribution in [0.3, 0.4) is 0 Å². The Morgan fingerprint density at radius 1 is 1.22 bits per heavy atom. The minimum absolute atomic E-state index is 0.227. The predicted octanol–water partition coefficient (Wildman–Crippen LogP) is 2.68. The number of ether oxygens (including phenoxy) is 1. The molecule has 102 valence electrons. The maximum Gasteiger partial charge on any atom is 0.118 e. The Labute approximate surface area is 110 Å². The second-order valence-electron chi connectivity index (χ2n) is 4.65. The Bertz CT molecular complexity index is 324. The molecule has 1 aromatic carbocycles. The highest BCUT2D eigenvalue weighted by atomic mass is 16.5. The van der Waals surface area contributed by atoms with E-state index < -0.39 is 0 Å². The molecule has 0 bridgehead atoms. The van der Waals surface area contributed by atoms with Gasteiger partial charge in [-0.15, -0.1) is 0 Å². The van der Waals surface area contributed by atoms with E-state index in [0.717, 1.165) is 38.2 Å². The monoisotopic (exact) mass is 251 g/mol. The van der Waals surface area contributed by atoms with Gasteiger partial charge >= 0.3 is 0 Å². The normalized spacial score (nSPS) is 12.7. The first kappa shape index (κ1) is 15.0. The van der Waals surface area contributed by atoms with Gasteiger partial charge in [0.05, 0.1) is 13.2 Å². The maximum absolute atomic E-state index is 9.75. The molecular formula is C15H25NO2. The molecule has 0 saturated carbocycles. The molecule has 0 aliphatic carbocycles. The van der Waals surface area contributed by atoms with Gasteiger partial charge in [0.1, 0.15) is 5.75 Å². The summed E-state index contributed by atoms with van der Waals surface area (Å²) < 4.78 is 5.15. The van der Waals surface area contributed by atoms with Crippen LogP contribution in [0.4, 0.5) is 0 Å². The first-order valence-electron chi connectivity index (χ1n) is 6.72. The van der Waals surface area contributed by atoms with Gasteiger partial charge in [0.25, 0.3) is 0 Å². The lowest BCUT2D eigenvalue weighted by molar-refractivity contribution is 0.105. The van der Waals surface area contributed by atoms with Crippen molar-refractivity contribution >= 4 is 0 Å². The third kappa shape index (κ3) is 5.07. The van der Waals surface area contributed by atoms with E-state index in [2.05, 4.69) is 24.0 Å². The van der Waals surface area contributed by atoms with Gasteiger partial charge in [0, 0.05) is 13.1 Å². The minimum atomic E-state index is -0.227. The van der Waals surface area contributed by atoms with E-state index in [4.69, 9.17) is 4.74 Å². The smallest absolute Gasteiger partial charge is 0.118 e. The molecule has 3 nitrogen and oxygen atoms in total. The van der Waals surface area contributed by atoms with Gasteiger partial charge in [0.15, 0.2) is 0 Å². The molecule has 1 N–H and O–H groups in total. The van der Waals surface area contributed by atoms with Crippen LogP contribution >= 0.6 is 0 Å². The van der Waals surface area contributed by atoms with E-state index in [1.165, 1.54) is 5.56 Å². The zero-order valence-corrected chi connectivity index (χ0v) is 11.7. The summed E-state index contributed by atoms with van der Waals surface area (Å²) in [6.07, 6.45) is 1.69. The Morgan fingerprint density at radius 3 is 2.39 bits per heavy atom. The summed E-state index contributed by atoms with van der Waals surface area (Å²) in [5, 5.41) is 9.75. The molecule has 0 amide bonds. The number of rotatable bonds is 8. The first-order valence-corrected chi connectivity index (χ1v) is 6.72. The van der Waals surface area contributed by atoms with Crippen LogP contribution < -0.4 is 4.74 Å². The van der Waals surface area contributed by atoms with E-state index in [0.29, 0.717) is 0 Å². The van der Waals surface area contributed by atoms with Crippen molar-refractivity contribution in [3.8, 4) is 5.75 Å². The lowest BCUT2D eigenvalue weighted by Crippen LogP contribution is -2.32. The largest absolute Gasteiger partial charge is 0.497 e. The highest BCUT2D eigenvalue weighted by molar-refractivity contribution is 5.27. The Morgan fingerprint density at radius 2 is 1.89 bits per heavy atom. The van der Waals surface area contributed by atoms with Gasteiger partial charge in [-0.05, 0) is 37.1 Å². The average Bonchev–Trinajstić information content (AvgIpc) is 2.39. The molecule has 0 saturated heterocycles. The number of hydrogen-bond acceptors (Lipinski definition) is 3. The fourth-order valence-electron chi connectivity index (χ4n) is 1.97. The number of hydrogen-bond donors (Lipinski definition) is 1. The second-order valence-corrected chi connectivity index (χ2v) is 4.65. The quantitative estimate of drug-likeness (QED) is 0.771. The van der Waals surface area contributed by atoms with Gasteiger partial charge in [-0.2, -0.15) is 0 Å². The first-order chi connectivity index (χ1) is 8.69. The molecule has 1 unspecified atom stereocenters. The summed E-state index contributed by atoms with van der Waals surface area (Å²) in [6.45, 7) is 6.83. The fourth-order valence-corrected chi connectivity index (χ4v) is 1.97. The summed E-state index contributed by atoms with van der Waals surface area (Å²) in [5.74, 6) is 0.884. The van der Waals surface area contributed by atoms with Crippen molar-refractivity contribution in [3.05, 3.63) is 29.8 Å². The molecule has 1 atom stereocenters. The minimum Gasteiger partial charge on any atom is -0.497 e. The van der Waals surface area contributed by atoms with E-state index in [1.807, 2.05) is 19.1 Å². The van der Waals surface area contributed by atoms with E-state index in [1.54, 1.807) is 7.11 Å². The van der Waals surface area contributed by atoms with Crippen LogP contribution in [0.1, 0.15) is 32.3 Å². The molecule has 18 heavy (non-hydrogen) atoms. The van der Waals surface area contributed by atoms with Gasteiger partial charge in [-0.25, -0.2) is 0 Å². The van der Waals surface area contributed by atoms with Crippen molar-refractivity contribution in [1.29, 1.82) is 0 Å². The number of aliphatic hydroxyl groups excluding tert-OH is 1. The van der Waals surface area contributed by atoms with Gasteiger partial charge in [-0.1, -0.05) is 26.0 Å². The van der Waals surface area contributed by atoms with Crippen LogP contribution in [0, 0.1) is 0 Å². The van der Waals surface area contributed by atoms with Gasteiger partial charge in [0.2, 0.25) is 0 Å². The molecular weight excluding hydrogens is 226 g/mol. The van der Waals surface area contributed by atoms with Crippen molar-refractivity contribution in [3.63, 3.8) is 0 Å². The van der Waals surface area contributed by atoms with Crippen molar-refractivity contribution in [2.45, 2.75) is 39.3 Å². The van der Waals surface area contributed by atoms with Crippen LogP contribution in [0.5, 0.6) is 5.75 Å². The van der Waals surface area contributed by atoms with Crippen LogP contribution in [-0.4, -0.2) is 36.3 Å². The van der Waals surface area contributed by atoms with Crippen LogP contribution in [0.2, 0.25) is 0 Å². The highest BCUT2D eigenvalue weighted by Crippen LogP contribution is 2.13. The van der Waals surface area contributed by atoms with Crippen LogP contribution in [0.25, 0.3) is 0 Å². The Balaban J connectivity index is 2.58. The average molecular weight is 251 g/mol. The molecule has 3 heteroatoms. The van der Waals surface area contributed by atoms with E-state index in [-0.39, 0.29) is 6.10 Å². The number of nitrogens with zero attached hydrogens (tertiary/aromatic N) is 1. The summed E-state index contributed by atoms with van der Waals surface area (Å²) >= 11 is 0. The fraction of sp³-hybridized carbons (Fsp3) is 0.600. The summed E-state index contributed by atoms with van der Waals surface area (Å²) in [4.78, 5) is 2.30. The molecule has 0 heterocycles. The van der Waals surface area contributed by atoms with E-state index >= 15 is 0 Å². The zero-order chi connectivity index (χ0) is 13.4. The standard InChI is InChI=1S/C15H25NO2/c1-4-10-16(12-14(17)5-2)11-13-6-8-15(18-3)9-7-13/h6-9,14,17H,4-5,10-12H2,1-3H3. The Kier molecular flexibility index (Phi) is 6.76. The SMILES string of the molecule is CCCN(Cc1ccc(OC)cc1)CC(O)CC. The highest BCUT2D eigenvalue weighted by Gasteiger charge is 2.10. The molecule has 0 fully saturated rings. The lowest BCUT2D eigenvalue weighted by Gasteiger charge is -2.24. The van der Waals surface area contributed by atoms with Gasteiger partial charge < -0.3 is 9.84 Å². The van der Waals surface area contributed by atoms with Crippen LogP contribution in [0.15, 0.2) is 24.3 Å². The third-order valence-corrected chi connectivity index (χ3v) is 3.05. The number of benzene rings is 1. The predicted molar refractivity (Wildman–Crippen MR) is 74.9 cm³/mol. The maximum atomic E-state index is 9.75. The zero-order valence-electron chi connectivity index (χ0n) is 11.7. The van der Waals surface area contributed by atoms with E-state index in [9.17, 15) is 5.11 Å². The molecule has 1 rings (SSSR count). The molecule has 0 spiro atoms. The van der Waals surface area contributed by atoms with Crippen molar-refractivity contribution in [1.82, 2.24) is 4.90 Å². The lowest BCUT2D eigenvalue weighted by atomic mass is 10.1. The molecule has 0 aromatic heterocycles. The number of aliphatic hydroxyl groups is 1. The summed E-state index contributed by atoms with van der Waals surface area (Å²) in [7, 11) is 1.68. The van der Waals surface area contributed by atoms with Crippen molar-refractivity contribution in [2.24, 2.45) is 0 Å². The Hall–Kier alpha value is -1.06.